The van der Waals surface area contributed by atoms with Gasteiger partial charge in [0.15, 0.2) is 0 Å². The van der Waals surface area contributed by atoms with Crippen molar-refractivity contribution in [3.8, 4) is 0 Å². The number of nitrogens with zero attached hydrogens (tertiary/aromatic N) is 2. The first-order valence-electron chi connectivity index (χ1n) is 8.59. The second-order valence-electron chi connectivity index (χ2n) is 6.60. The van der Waals surface area contributed by atoms with Crippen molar-refractivity contribution in [2.75, 3.05) is 22.9 Å². The van der Waals surface area contributed by atoms with Crippen molar-refractivity contribution in [2.45, 2.75) is 19.3 Å². The molecule has 0 radical (unpaired) electrons. The average molecular weight is 355 g/mol. The Morgan fingerprint density at radius 3 is 2.64 bits per heavy atom. The maximum absolute atomic E-state index is 13.1. The fourth-order valence-electron chi connectivity index (χ4n) is 3.73. The third-order valence-electron chi connectivity index (χ3n) is 4.99. The van der Waals surface area contributed by atoms with E-state index < -0.39 is 0 Å². The largest absolute Gasteiger partial charge is 0.312 e. The highest BCUT2D eigenvalue weighted by molar-refractivity contribution is 6.30. The first-order valence-corrected chi connectivity index (χ1v) is 8.96. The molecule has 1 saturated heterocycles. The Hall–Kier alpha value is -2.33. The zero-order valence-corrected chi connectivity index (χ0v) is 14.6. The summed E-state index contributed by atoms with van der Waals surface area (Å²) in [7, 11) is 0. The van der Waals surface area contributed by atoms with Gasteiger partial charge in [-0.25, -0.2) is 0 Å². The monoisotopic (exact) mass is 354 g/mol. The second-order valence-corrected chi connectivity index (χ2v) is 7.04. The Morgan fingerprint density at radius 2 is 1.84 bits per heavy atom. The summed E-state index contributed by atoms with van der Waals surface area (Å²) in [5, 5.41) is 0.632. The lowest BCUT2D eigenvalue weighted by molar-refractivity contribution is -0.124. The number of halogens is 1. The minimum Gasteiger partial charge on any atom is -0.312 e. The highest BCUT2D eigenvalue weighted by Gasteiger charge is 2.38. The van der Waals surface area contributed by atoms with Gasteiger partial charge in [0.05, 0.1) is 5.92 Å². The van der Waals surface area contributed by atoms with Gasteiger partial charge in [-0.3, -0.25) is 9.59 Å². The van der Waals surface area contributed by atoms with Crippen LogP contribution < -0.4 is 9.80 Å². The van der Waals surface area contributed by atoms with E-state index in [9.17, 15) is 9.59 Å². The SMILES string of the molecule is O=C1C[C@H](C(=O)N2CCCc3ccccc32)CN1c1ccc(Cl)cc1. The van der Waals surface area contributed by atoms with Crippen LogP contribution in [0.15, 0.2) is 48.5 Å². The molecule has 2 aliphatic rings. The van der Waals surface area contributed by atoms with Crippen LogP contribution in [-0.4, -0.2) is 24.9 Å². The van der Waals surface area contributed by atoms with Crippen LogP contribution in [0.25, 0.3) is 0 Å². The predicted octanol–water partition coefficient (Wildman–Crippen LogP) is 3.67. The Labute approximate surface area is 152 Å². The summed E-state index contributed by atoms with van der Waals surface area (Å²) in [5.74, 6) is -0.253. The number of carbonyl (C=O) groups excluding carboxylic acids is 2. The number of para-hydroxylation sites is 1. The Balaban J connectivity index is 1.54. The molecule has 2 aromatic rings. The van der Waals surface area contributed by atoms with Crippen LogP contribution in [0.1, 0.15) is 18.4 Å². The van der Waals surface area contributed by atoms with Crippen molar-refractivity contribution in [3.05, 3.63) is 59.1 Å². The molecule has 4 rings (SSSR count). The van der Waals surface area contributed by atoms with E-state index in [1.807, 2.05) is 35.2 Å². The first kappa shape index (κ1) is 16.2. The van der Waals surface area contributed by atoms with Gasteiger partial charge < -0.3 is 9.80 Å². The maximum atomic E-state index is 13.1. The molecule has 2 heterocycles. The van der Waals surface area contributed by atoms with E-state index >= 15 is 0 Å². The van der Waals surface area contributed by atoms with E-state index in [-0.39, 0.29) is 24.2 Å². The fraction of sp³-hybridized carbons (Fsp3) is 0.300. The fourth-order valence-corrected chi connectivity index (χ4v) is 3.85. The molecule has 0 spiro atoms. The van der Waals surface area contributed by atoms with Gasteiger partial charge >= 0.3 is 0 Å². The van der Waals surface area contributed by atoms with Crippen LogP contribution in [0.4, 0.5) is 11.4 Å². The van der Waals surface area contributed by atoms with Crippen LogP contribution in [0.3, 0.4) is 0 Å². The van der Waals surface area contributed by atoms with Crippen LogP contribution in [0.2, 0.25) is 5.02 Å². The summed E-state index contributed by atoms with van der Waals surface area (Å²) in [6.07, 6.45) is 2.23. The molecule has 2 amide bonds. The van der Waals surface area contributed by atoms with E-state index in [2.05, 4.69) is 6.07 Å². The lowest BCUT2D eigenvalue weighted by Crippen LogP contribution is -2.40. The van der Waals surface area contributed by atoms with Gasteiger partial charge in [-0.05, 0) is 48.7 Å². The lowest BCUT2D eigenvalue weighted by Gasteiger charge is -2.31. The summed E-state index contributed by atoms with van der Waals surface area (Å²) in [6, 6.07) is 15.2. The molecule has 4 nitrogen and oxygen atoms in total. The number of carbonyl (C=O) groups is 2. The average Bonchev–Trinajstić information content (AvgIpc) is 3.03. The smallest absolute Gasteiger partial charge is 0.232 e. The van der Waals surface area contributed by atoms with Gasteiger partial charge in [-0.2, -0.15) is 0 Å². The molecule has 128 valence electrons. The van der Waals surface area contributed by atoms with Gasteiger partial charge in [0.25, 0.3) is 0 Å². The molecule has 0 aliphatic carbocycles. The molecule has 0 aromatic heterocycles. The standard InChI is InChI=1S/C20H19ClN2O2/c21-16-7-9-17(10-8-16)23-13-15(12-19(23)24)20(25)22-11-3-5-14-4-1-2-6-18(14)22/h1-2,4,6-10,15H,3,5,11-13H2/t15-/m0/s1. The van der Waals surface area contributed by atoms with Crippen LogP contribution in [0.5, 0.6) is 0 Å². The van der Waals surface area contributed by atoms with Gasteiger partial charge in [-0.1, -0.05) is 29.8 Å². The van der Waals surface area contributed by atoms with Crippen molar-refractivity contribution in [3.63, 3.8) is 0 Å². The zero-order chi connectivity index (χ0) is 17.4. The van der Waals surface area contributed by atoms with Crippen molar-refractivity contribution < 1.29 is 9.59 Å². The number of rotatable bonds is 2. The quantitative estimate of drug-likeness (QED) is 0.825. The minimum atomic E-state index is -0.297. The van der Waals surface area contributed by atoms with E-state index in [4.69, 9.17) is 11.6 Å². The number of anilines is 2. The zero-order valence-electron chi connectivity index (χ0n) is 13.8. The van der Waals surface area contributed by atoms with Crippen molar-refractivity contribution in [1.29, 1.82) is 0 Å². The molecule has 0 saturated carbocycles. The lowest BCUT2D eigenvalue weighted by atomic mass is 9.99. The van der Waals surface area contributed by atoms with Crippen LogP contribution in [-0.2, 0) is 16.0 Å². The van der Waals surface area contributed by atoms with E-state index in [0.717, 1.165) is 30.8 Å². The molecule has 0 bridgehead atoms. The molecule has 0 unspecified atom stereocenters. The number of hydrogen-bond acceptors (Lipinski definition) is 2. The topological polar surface area (TPSA) is 40.6 Å². The van der Waals surface area contributed by atoms with Crippen molar-refractivity contribution in [2.24, 2.45) is 5.92 Å². The molecule has 5 heteroatoms. The van der Waals surface area contributed by atoms with Crippen LogP contribution >= 0.6 is 11.6 Å². The number of amides is 2. The van der Waals surface area contributed by atoms with E-state index in [1.54, 1.807) is 17.0 Å². The Bertz CT molecular complexity index is 819. The maximum Gasteiger partial charge on any atom is 0.232 e. The van der Waals surface area contributed by atoms with Gasteiger partial charge in [0.2, 0.25) is 11.8 Å². The first-order chi connectivity index (χ1) is 12.1. The van der Waals surface area contributed by atoms with Gasteiger partial charge in [0, 0.05) is 35.9 Å². The summed E-state index contributed by atoms with van der Waals surface area (Å²) >= 11 is 5.92. The summed E-state index contributed by atoms with van der Waals surface area (Å²) in [5.41, 5.74) is 3.00. The molecule has 1 fully saturated rings. The third kappa shape index (κ3) is 3.02. The molecular weight excluding hydrogens is 336 g/mol. The van der Waals surface area contributed by atoms with Gasteiger partial charge in [-0.15, -0.1) is 0 Å². The predicted molar refractivity (Wildman–Crippen MR) is 99.0 cm³/mol. The molecule has 2 aliphatic heterocycles. The molecular formula is C20H19ClN2O2. The molecule has 25 heavy (non-hydrogen) atoms. The van der Waals surface area contributed by atoms with Crippen molar-refractivity contribution >= 4 is 34.8 Å². The Kier molecular flexibility index (Phi) is 4.22. The summed E-state index contributed by atoms with van der Waals surface area (Å²) < 4.78 is 0. The number of aryl methyl sites for hydroxylation is 1. The number of hydrogen-bond donors (Lipinski definition) is 0. The minimum absolute atomic E-state index is 0.00836. The van der Waals surface area contributed by atoms with Crippen LogP contribution in [0, 0.1) is 5.92 Å². The summed E-state index contributed by atoms with van der Waals surface area (Å²) in [6.45, 7) is 1.15. The number of benzene rings is 2. The highest BCUT2D eigenvalue weighted by Crippen LogP contribution is 2.32. The molecule has 2 aromatic carbocycles. The third-order valence-corrected chi connectivity index (χ3v) is 5.24. The molecule has 0 N–H and O–H groups in total. The highest BCUT2D eigenvalue weighted by atomic mass is 35.5. The summed E-state index contributed by atoms with van der Waals surface area (Å²) in [4.78, 5) is 29.0. The van der Waals surface area contributed by atoms with E-state index in [1.165, 1.54) is 5.56 Å². The van der Waals surface area contributed by atoms with Gasteiger partial charge in [0.1, 0.15) is 0 Å². The normalized spacial score (nSPS) is 19.9. The van der Waals surface area contributed by atoms with Crippen molar-refractivity contribution in [1.82, 2.24) is 0 Å². The molecule has 1 atom stereocenters. The Morgan fingerprint density at radius 1 is 1.08 bits per heavy atom. The second kappa shape index (κ2) is 6.52. The number of fused-ring (bicyclic) bond motifs is 1. The van der Waals surface area contributed by atoms with E-state index in [0.29, 0.717) is 11.6 Å².